The molecule has 0 amide bonds. The first-order valence-electron chi connectivity index (χ1n) is 8.17. The third-order valence-electron chi connectivity index (χ3n) is 3.93. The third-order valence-corrected chi connectivity index (χ3v) is 3.93. The van der Waals surface area contributed by atoms with Crippen LogP contribution in [0.4, 0.5) is 0 Å². The fraction of sp³-hybridized carbons (Fsp3) is 0.526. The normalized spacial score (nSPS) is 20.3. The lowest BCUT2D eigenvalue weighted by Crippen LogP contribution is -2.32. The van der Waals surface area contributed by atoms with E-state index in [1.165, 1.54) is 0 Å². The Bertz CT molecular complexity index is 590. The van der Waals surface area contributed by atoms with E-state index in [1.807, 2.05) is 30.3 Å². The minimum absolute atomic E-state index is 0.0832. The van der Waals surface area contributed by atoms with Gasteiger partial charge in [-0.05, 0) is 24.3 Å². The Kier molecular flexibility index (Phi) is 5.69. The molecule has 0 radical (unpaired) electrons. The van der Waals surface area contributed by atoms with E-state index in [0.717, 1.165) is 17.7 Å². The summed E-state index contributed by atoms with van der Waals surface area (Å²) >= 11 is 0. The van der Waals surface area contributed by atoms with Crippen molar-refractivity contribution in [1.29, 1.82) is 0 Å². The van der Waals surface area contributed by atoms with Crippen LogP contribution in [0.5, 0.6) is 0 Å². The molecule has 0 aromatic heterocycles. The van der Waals surface area contributed by atoms with Crippen LogP contribution in [-0.4, -0.2) is 30.1 Å². The zero-order valence-corrected chi connectivity index (χ0v) is 14.2. The number of hydrogen-bond acceptors (Lipinski definition) is 4. The molecule has 4 heteroatoms. The molecule has 4 nitrogen and oxygen atoms in total. The van der Waals surface area contributed by atoms with Crippen LogP contribution in [0.1, 0.15) is 45.6 Å². The van der Waals surface area contributed by atoms with Crippen LogP contribution in [0.15, 0.2) is 35.3 Å². The molecule has 1 fully saturated rings. The number of Topliss-reactive ketones (excluding diaryl/α,β-unsaturated/α-hetero) is 1. The van der Waals surface area contributed by atoms with Gasteiger partial charge in [-0.15, -0.1) is 0 Å². The van der Waals surface area contributed by atoms with Gasteiger partial charge in [-0.3, -0.25) is 9.79 Å². The van der Waals surface area contributed by atoms with Gasteiger partial charge in [0, 0.05) is 25.0 Å². The largest absolute Gasteiger partial charge is 0.464 e. The molecule has 0 saturated heterocycles. The highest BCUT2D eigenvalue weighted by Crippen LogP contribution is 2.32. The average molecular weight is 315 g/mol. The second kappa shape index (κ2) is 7.53. The van der Waals surface area contributed by atoms with Crippen molar-refractivity contribution in [3.05, 3.63) is 35.9 Å². The van der Waals surface area contributed by atoms with Crippen molar-refractivity contribution in [2.45, 2.75) is 52.5 Å². The summed E-state index contributed by atoms with van der Waals surface area (Å²) in [5.74, 6) is -0.123. The Hall–Kier alpha value is -1.97. The highest BCUT2D eigenvalue weighted by Gasteiger charge is 2.31. The van der Waals surface area contributed by atoms with Crippen molar-refractivity contribution in [2.75, 3.05) is 6.61 Å². The molecule has 0 unspecified atom stereocenters. The van der Waals surface area contributed by atoms with Gasteiger partial charge in [0.25, 0.3) is 0 Å². The van der Waals surface area contributed by atoms with E-state index in [-0.39, 0.29) is 17.2 Å². The van der Waals surface area contributed by atoms with Gasteiger partial charge in [-0.1, -0.05) is 44.2 Å². The fourth-order valence-corrected chi connectivity index (χ4v) is 3.07. The number of aliphatic imine (C=N–C) groups is 1. The molecule has 1 saturated carbocycles. The first kappa shape index (κ1) is 17.4. The number of nitrogens with zero attached hydrogens (tertiary/aromatic N) is 1. The van der Waals surface area contributed by atoms with E-state index in [4.69, 9.17) is 4.74 Å². The van der Waals surface area contributed by atoms with Crippen molar-refractivity contribution in [3.8, 4) is 0 Å². The molecule has 23 heavy (non-hydrogen) atoms. The van der Waals surface area contributed by atoms with Crippen molar-refractivity contribution in [1.82, 2.24) is 0 Å². The molecule has 0 heterocycles. The van der Waals surface area contributed by atoms with E-state index < -0.39 is 6.04 Å². The van der Waals surface area contributed by atoms with Crippen molar-refractivity contribution in [2.24, 2.45) is 10.4 Å². The van der Waals surface area contributed by atoms with Crippen LogP contribution >= 0.6 is 0 Å². The predicted molar refractivity (Wildman–Crippen MR) is 90.6 cm³/mol. The molecule has 1 aliphatic rings. The number of ether oxygens (including phenoxy) is 1. The summed E-state index contributed by atoms with van der Waals surface area (Å²) in [6.45, 7) is 6.25. The summed E-state index contributed by atoms with van der Waals surface area (Å²) in [6, 6.07) is 9.20. The van der Waals surface area contributed by atoms with Gasteiger partial charge in [0.2, 0.25) is 0 Å². The molecule has 124 valence electrons. The average Bonchev–Trinajstić information content (AvgIpc) is 2.45. The topological polar surface area (TPSA) is 55.7 Å². The highest BCUT2D eigenvalue weighted by atomic mass is 16.5. The minimum atomic E-state index is -0.575. The number of rotatable bonds is 5. The molecular weight excluding hydrogens is 290 g/mol. The number of carbonyl (C=O) groups excluding carboxylic acids is 2. The Balaban J connectivity index is 2.21. The Morgan fingerprint density at radius 2 is 1.96 bits per heavy atom. The molecule has 0 bridgehead atoms. The van der Waals surface area contributed by atoms with Gasteiger partial charge in [-0.25, -0.2) is 4.79 Å². The lowest BCUT2D eigenvalue weighted by Gasteiger charge is -2.30. The first-order chi connectivity index (χ1) is 10.9. The molecular formula is C19H25NO3. The third kappa shape index (κ3) is 5.31. The summed E-state index contributed by atoms with van der Waals surface area (Å²) in [7, 11) is 0. The van der Waals surface area contributed by atoms with Gasteiger partial charge in [0.1, 0.15) is 5.78 Å². The van der Waals surface area contributed by atoms with E-state index in [2.05, 4.69) is 18.8 Å². The Labute approximate surface area is 138 Å². The molecule has 1 aromatic rings. The maximum absolute atomic E-state index is 12.2. The summed E-state index contributed by atoms with van der Waals surface area (Å²) in [4.78, 5) is 28.8. The smallest absolute Gasteiger partial charge is 0.331 e. The summed E-state index contributed by atoms with van der Waals surface area (Å²) in [5, 5.41) is 0. The molecule has 1 aromatic carbocycles. The molecule has 2 rings (SSSR count). The van der Waals surface area contributed by atoms with Crippen molar-refractivity contribution >= 4 is 17.5 Å². The molecule has 0 N–H and O–H groups in total. The maximum atomic E-state index is 12.2. The zero-order valence-electron chi connectivity index (χ0n) is 14.2. The molecule has 1 aliphatic carbocycles. The van der Waals surface area contributed by atoms with Crippen LogP contribution in [0.3, 0.4) is 0 Å². The van der Waals surface area contributed by atoms with E-state index in [9.17, 15) is 9.59 Å². The zero-order chi connectivity index (χ0) is 16.9. The quantitative estimate of drug-likeness (QED) is 0.783. The number of hydrogen-bond donors (Lipinski definition) is 0. The lowest BCUT2D eigenvalue weighted by molar-refractivity contribution is -0.144. The summed E-state index contributed by atoms with van der Waals surface area (Å²) in [5.41, 5.74) is 1.77. The summed E-state index contributed by atoms with van der Waals surface area (Å²) < 4.78 is 5.17. The molecule has 0 spiro atoms. The van der Waals surface area contributed by atoms with Crippen LogP contribution in [0, 0.1) is 5.41 Å². The van der Waals surface area contributed by atoms with Crippen LogP contribution < -0.4 is 0 Å². The lowest BCUT2D eigenvalue weighted by atomic mass is 9.76. The van der Waals surface area contributed by atoms with Gasteiger partial charge in [0.05, 0.1) is 6.61 Å². The van der Waals surface area contributed by atoms with Crippen LogP contribution in [-0.2, 0) is 20.7 Å². The van der Waals surface area contributed by atoms with E-state index >= 15 is 0 Å². The number of ketones is 1. The van der Waals surface area contributed by atoms with Crippen molar-refractivity contribution in [3.63, 3.8) is 0 Å². The predicted octanol–water partition coefficient (Wildman–Crippen LogP) is 3.38. The second-order valence-corrected chi connectivity index (χ2v) is 6.89. The van der Waals surface area contributed by atoms with E-state index in [1.54, 1.807) is 6.92 Å². The number of carbonyl (C=O) groups is 2. The van der Waals surface area contributed by atoms with Crippen LogP contribution in [0.2, 0.25) is 0 Å². The van der Waals surface area contributed by atoms with Gasteiger partial charge >= 0.3 is 5.97 Å². The second-order valence-electron chi connectivity index (χ2n) is 6.89. The monoisotopic (exact) mass is 315 g/mol. The van der Waals surface area contributed by atoms with Gasteiger partial charge in [-0.2, -0.15) is 0 Å². The Morgan fingerprint density at radius 3 is 2.57 bits per heavy atom. The standard InChI is InChI=1S/C19H25NO3/c1-4-23-18(22)17(10-14-8-6-5-7-9-14)20-15-11-16(21)13-19(2,3)12-15/h5-9,17H,4,10-13H2,1-3H3/t17-/m1/s1. The van der Waals surface area contributed by atoms with Crippen molar-refractivity contribution < 1.29 is 14.3 Å². The van der Waals surface area contributed by atoms with Gasteiger partial charge in [0.15, 0.2) is 6.04 Å². The highest BCUT2D eigenvalue weighted by molar-refractivity contribution is 6.05. The number of esters is 1. The minimum Gasteiger partial charge on any atom is -0.464 e. The SMILES string of the molecule is CCOC(=O)[C@@H](Cc1ccccc1)N=C1CC(=O)CC(C)(C)C1. The molecule has 1 atom stereocenters. The van der Waals surface area contributed by atoms with Gasteiger partial charge < -0.3 is 4.74 Å². The first-order valence-corrected chi connectivity index (χ1v) is 8.17. The summed E-state index contributed by atoms with van der Waals surface area (Å²) in [6.07, 6.45) is 2.18. The number of benzene rings is 1. The molecule has 0 aliphatic heterocycles. The van der Waals surface area contributed by atoms with E-state index in [0.29, 0.717) is 25.9 Å². The fourth-order valence-electron chi connectivity index (χ4n) is 3.07. The Morgan fingerprint density at radius 1 is 1.26 bits per heavy atom. The van der Waals surface area contributed by atoms with Crippen LogP contribution in [0.25, 0.3) is 0 Å². The maximum Gasteiger partial charge on any atom is 0.331 e.